The maximum Gasteiger partial charge on any atom is 0.289 e. The van der Waals surface area contributed by atoms with E-state index in [1.165, 1.54) is 6.26 Å². The summed E-state index contributed by atoms with van der Waals surface area (Å²) < 4.78 is 5.23. The summed E-state index contributed by atoms with van der Waals surface area (Å²) in [7, 11) is 1.78. The molecule has 0 saturated carbocycles. The third-order valence-electron chi connectivity index (χ3n) is 5.15. The second-order valence-corrected chi connectivity index (χ2v) is 7.07. The summed E-state index contributed by atoms with van der Waals surface area (Å²) in [5, 5.41) is 3.44. The molecule has 1 aliphatic rings. The molecule has 0 radical (unpaired) electrons. The van der Waals surface area contributed by atoms with Crippen LogP contribution in [0.15, 0.2) is 76.5 Å². The quantitative estimate of drug-likeness (QED) is 0.536. The van der Waals surface area contributed by atoms with Crippen molar-refractivity contribution >= 4 is 11.9 Å². The fourth-order valence-corrected chi connectivity index (χ4v) is 3.56. The molecule has 4 rings (SSSR count). The van der Waals surface area contributed by atoms with Gasteiger partial charge in [-0.05, 0) is 35.9 Å². The number of guanidine groups is 1. The molecule has 1 N–H and O–H groups in total. The first-order chi connectivity index (χ1) is 14.7. The molecular weight excluding hydrogens is 378 g/mol. The van der Waals surface area contributed by atoms with Crippen molar-refractivity contribution in [3.8, 4) is 11.3 Å². The normalized spacial score (nSPS) is 14.6. The topological polar surface area (TPSA) is 74.0 Å². The van der Waals surface area contributed by atoms with Gasteiger partial charge in [-0.1, -0.05) is 24.3 Å². The Labute approximate surface area is 176 Å². The Morgan fingerprint density at radius 2 is 1.90 bits per heavy atom. The molecule has 1 fully saturated rings. The van der Waals surface area contributed by atoms with Crippen LogP contribution in [0, 0.1) is 0 Å². The molecule has 0 aliphatic carbocycles. The summed E-state index contributed by atoms with van der Waals surface area (Å²) in [4.78, 5) is 25.3. The van der Waals surface area contributed by atoms with E-state index in [4.69, 9.17) is 4.42 Å². The molecule has 0 unspecified atom stereocenters. The molecule has 1 aromatic carbocycles. The van der Waals surface area contributed by atoms with Crippen molar-refractivity contribution in [3.63, 3.8) is 0 Å². The van der Waals surface area contributed by atoms with Gasteiger partial charge >= 0.3 is 0 Å². The first-order valence-corrected chi connectivity index (χ1v) is 10.0. The maximum atomic E-state index is 12.4. The first kappa shape index (κ1) is 19.7. The van der Waals surface area contributed by atoms with Crippen LogP contribution in [0.4, 0.5) is 0 Å². The number of piperazine rings is 1. The Hall–Kier alpha value is -3.61. The summed E-state index contributed by atoms with van der Waals surface area (Å²) in [6, 6.07) is 17.7. The summed E-state index contributed by atoms with van der Waals surface area (Å²) in [5.74, 6) is 1.16. The number of nitrogens with zero attached hydrogens (tertiary/aromatic N) is 4. The first-order valence-electron chi connectivity index (χ1n) is 10.0. The van der Waals surface area contributed by atoms with E-state index in [-0.39, 0.29) is 5.91 Å². The van der Waals surface area contributed by atoms with E-state index in [2.05, 4.69) is 38.4 Å². The van der Waals surface area contributed by atoms with Crippen LogP contribution in [-0.4, -0.2) is 59.9 Å². The van der Waals surface area contributed by atoms with Crippen LogP contribution in [0.3, 0.4) is 0 Å². The van der Waals surface area contributed by atoms with Crippen molar-refractivity contribution < 1.29 is 9.21 Å². The van der Waals surface area contributed by atoms with Gasteiger partial charge in [-0.3, -0.25) is 14.8 Å². The van der Waals surface area contributed by atoms with Gasteiger partial charge in [-0.2, -0.15) is 0 Å². The van der Waals surface area contributed by atoms with Gasteiger partial charge in [0.15, 0.2) is 11.7 Å². The van der Waals surface area contributed by atoms with E-state index < -0.39 is 0 Å². The molecule has 3 heterocycles. The smallest absolute Gasteiger partial charge is 0.289 e. The van der Waals surface area contributed by atoms with Crippen LogP contribution in [0.2, 0.25) is 0 Å². The van der Waals surface area contributed by atoms with Crippen LogP contribution in [0.5, 0.6) is 0 Å². The summed E-state index contributed by atoms with van der Waals surface area (Å²) in [5.41, 5.74) is 3.21. The largest absolute Gasteiger partial charge is 0.459 e. The summed E-state index contributed by atoms with van der Waals surface area (Å²) in [6.45, 7) is 3.38. The molecule has 1 saturated heterocycles. The van der Waals surface area contributed by atoms with Crippen LogP contribution in [-0.2, 0) is 6.54 Å². The number of nitrogens with one attached hydrogen (secondary N) is 1. The average molecular weight is 403 g/mol. The zero-order valence-corrected chi connectivity index (χ0v) is 17.0. The van der Waals surface area contributed by atoms with Gasteiger partial charge in [0.2, 0.25) is 0 Å². The highest BCUT2D eigenvalue weighted by Gasteiger charge is 2.25. The average Bonchev–Trinajstić information content (AvgIpc) is 3.35. The maximum absolute atomic E-state index is 12.4. The number of benzene rings is 1. The van der Waals surface area contributed by atoms with Crippen molar-refractivity contribution in [1.82, 2.24) is 20.1 Å². The molecular formula is C23H25N5O2. The predicted octanol–water partition coefficient (Wildman–Crippen LogP) is 2.88. The molecule has 0 bridgehead atoms. The minimum Gasteiger partial charge on any atom is -0.459 e. The standard InChI is InChI=1S/C23H25N5O2/c1-24-23(28-13-11-27(12-14-28)22(29)21-9-5-15-30-21)26-17-18-6-4-7-19(16-18)20-8-2-3-10-25-20/h2-10,15-16H,11-14,17H2,1H3,(H,24,26). The summed E-state index contributed by atoms with van der Waals surface area (Å²) >= 11 is 0. The van der Waals surface area contributed by atoms with Crippen LogP contribution < -0.4 is 5.32 Å². The third-order valence-corrected chi connectivity index (χ3v) is 5.15. The van der Waals surface area contributed by atoms with E-state index in [1.807, 2.05) is 29.2 Å². The Kier molecular flexibility index (Phi) is 6.08. The number of rotatable bonds is 4. The SMILES string of the molecule is CN=C(NCc1cccc(-c2ccccn2)c1)N1CCN(C(=O)c2ccco2)CC1. The van der Waals surface area contributed by atoms with E-state index in [1.54, 1.807) is 25.4 Å². The molecule has 1 amide bonds. The molecule has 7 nitrogen and oxygen atoms in total. The molecule has 1 aliphatic heterocycles. The highest BCUT2D eigenvalue weighted by atomic mass is 16.3. The highest BCUT2D eigenvalue weighted by molar-refractivity contribution is 5.91. The van der Waals surface area contributed by atoms with Crippen molar-refractivity contribution in [2.24, 2.45) is 4.99 Å². The van der Waals surface area contributed by atoms with Gasteiger partial charge in [-0.25, -0.2) is 0 Å². The van der Waals surface area contributed by atoms with Crippen molar-refractivity contribution in [2.75, 3.05) is 33.2 Å². The number of carbonyl (C=O) groups excluding carboxylic acids is 1. The number of furan rings is 1. The van der Waals surface area contributed by atoms with Gasteiger partial charge in [0.05, 0.1) is 12.0 Å². The van der Waals surface area contributed by atoms with Crippen molar-refractivity contribution in [3.05, 3.63) is 78.4 Å². The highest BCUT2D eigenvalue weighted by Crippen LogP contribution is 2.17. The lowest BCUT2D eigenvalue weighted by Crippen LogP contribution is -2.53. The second kappa shape index (κ2) is 9.26. The zero-order chi connectivity index (χ0) is 20.8. The molecule has 2 aromatic heterocycles. The molecule has 3 aromatic rings. The molecule has 30 heavy (non-hydrogen) atoms. The Balaban J connectivity index is 1.33. The molecule has 0 atom stereocenters. The van der Waals surface area contributed by atoms with Crippen LogP contribution in [0.1, 0.15) is 16.1 Å². The molecule has 0 spiro atoms. The summed E-state index contributed by atoms with van der Waals surface area (Å²) in [6.07, 6.45) is 3.33. The van der Waals surface area contributed by atoms with Gasteiger partial charge in [0, 0.05) is 51.5 Å². The van der Waals surface area contributed by atoms with E-state index in [0.717, 1.165) is 35.9 Å². The van der Waals surface area contributed by atoms with E-state index >= 15 is 0 Å². The molecule has 154 valence electrons. The number of aromatic nitrogens is 1. The van der Waals surface area contributed by atoms with Gasteiger partial charge in [0.25, 0.3) is 5.91 Å². The van der Waals surface area contributed by atoms with E-state index in [0.29, 0.717) is 25.4 Å². The lowest BCUT2D eigenvalue weighted by atomic mass is 10.1. The molecule has 7 heteroatoms. The second-order valence-electron chi connectivity index (χ2n) is 7.07. The van der Waals surface area contributed by atoms with Gasteiger partial charge < -0.3 is 19.5 Å². The fourth-order valence-electron chi connectivity index (χ4n) is 3.56. The Bertz CT molecular complexity index is 993. The lowest BCUT2D eigenvalue weighted by Gasteiger charge is -2.36. The number of pyridine rings is 1. The van der Waals surface area contributed by atoms with Crippen LogP contribution >= 0.6 is 0 Å². The lowest BCUT2D eigenvalue weighted by molar-refractivity contribution is 0.0657. The van der Waals surface area contributed by atoms with Crippen molar-refractivity contribution in [2.45, 2.75) is 6.54 Å². The number of amides is 1. The minimum atomic E-state index is -0.0612. The number of hydrogen-bond donors (Lipinski definition) is 1. The number of hydrogen-bond acceptors (Lipinski definition) is 4. The predicted molar refractivity (Wildman–Crippen MR) is 116 cm³/mol. The zero-order valence-electron chi connectivity index (χ0n) is 17.0. The van der Waals surface area contributed by atoms with E-state index in [9.17, 15) is 4.79 Å². The van der Waals surface area contributed by atoms with Crippen LogP contribution in [0.25, 0.3) is 11.3 Å². The van der Waals surface area contributed by atoms with Gasteiger partial charge in [-0.15, -0.1) is 0 Å². The fraction of sp³-hybridized carbons (Fsp3) is 0.261. The number of carbonyl (C=O) groups is 1. The number of aliphatic imine (C=N–C) groups is 1. The minimum absolute atomic E-state index is 0.0612. The Morgan fingerprint density at radius 3 is 2.60 bits per heavy atom. The van der Waals surface area contributed by atoms with Gasteiger partial charge in [0.1, 0.15) is 0 Å². The monoisotopic (exact) mass is 403 g/mol. The van der Waals surface area contributed by atoms with Crippen molar-refractivity contribution in [1.29, 1.82) is 0 Å². The Morgan fingerprint density at radius 1 is 1.07 bits per heavy atom. The third kappa shape index (κ3) is 4.51.